The smallest absolute Gasteiger partial charge is 0.335 e. The van der Waals surface area contributed by atoms with Crippen molar-refractivity contribution in [2.45, 2.75) is 20.5 Å². The van der Waals surface area contributed by atoms with Crippen LogP contribution in [0.3, 0.4) is 0 Å². The monoisotopic (exact) mass is 524 g/mol. The standard InChI is InChI=1S/C27H22Cl2N2O5/c1-3-35-21-10-8-20(9-11-21)31-26(33)22(25(32)30-27(31)34)13-18-12-19(28)14-23(29)24(18)36-15-17-6-4-16(2)5-7-17/h4-14H,3,15H2,1-2H3,(H,30,32,34)/b22-13+. The van der Waals surface area contributed by atoms with Crippen LogP contribution < -0.4 is 19.7 Å². The summed E-state index contributed by atoms with van der Waals surface area (Å²) in [4.78, 5) is 39.4. The topological polar surface area (TPSA) is 84.9 Å². The molecule has 0 atom stereocenters. The first kappa shape index (κ1) is 25.3. The van der Waals surface area contributed by atoms with Crippen molar-refractivity contribution in [3.8, 4) is 11.5 Å². The molecule has 0 saturated carbocycles. The van der Waals surface area contributed by atoms with Crippen LogP contribution >= 0.6 is 23.2 Å². The average molecular weight is 525 g/mol. The van der Waals surface area contributed by atoms with Gasteiger partial charge in [0, 0.05) is 10.6 Å². The number of rotatable bonds is 7. The molecule has 4 amide bonds. The molecule has 1 saturated heterocycles. The minimum absolute atomic E-state index is 0.203. The number of carbonyl (C=O) groups excluding carboxylic acids is 3. The lowest BCUT2D eigenvalue weighted by molar-refractivity contribution is -0.122. The number of benzene rings is 3. The third kappa shape index (κ3) is 5.53. The molecule has 1 N–H and O–H groups in total. The van der Waals surface area contributed by atoms with Gasteiger partial charge in [0.2, 0.25) is 0 Å². The summed E-state index contributed by atoms with van der Waals surface area (Å²) in [7, 11) is 0. The van der Waals surface area contributed by atoms with Gasteiger partial charge in [0.15, 0.2) is 0 Å². The highest BCUT2D eigenvalue weighted by Gasteiger charge is 2.37. The molecule has 0 unspecified atom stereocenters. The fraction of sp³-hybridized carbons (Fsp3) is 0.148. The highest BCUT2D eigenvalue weighted by atomic mass is 35.5. The van der Waals surface area contributed by atoms with E-state index in [1.807, 2.05) is 38.1 Å². The zero-order valence-electron chi connectivity index (χ0n) is 19.5. The summed E-state index contributed by atoms with van der Waals surface area (Å²) >= 11 is 12.6. The van der Waals surface area contributed by atoms with E-state index in [4.69, 9.17) is 32.7 Å². The number of barbiturate groups is 1. The second-order valence-corrected chi connectivity index (χ2v) is 8.81. The van der Waals surface area contributed by atoms with Crippen LogP contribution in [0.2, 0.25) is 10.0 Å². The van der Waals surface area contributed by atoms with Gasteiger partial charge in [-0.15, -0.1) is 0 Å². The fourth-order valence-corrected chi connectivity index (χ4v) is 4.15. The van der Waals surface area contributed by atoms with Crippen LogP contribution in [0, 0.1) is 6.92 Å². The number of nitrogens with zero attached hydrogens (tertiary/aromatic N) is 1. The van der Waals surface area contributed by atoms with Crippen molar-refractivity contribution >= 4 is 52.8 Å². The Labute approximate surface area is 218 Å². The average Bonchev–Trinajstić information content (AvgIpc) is 2.83. The molecule has 0 radical (unpaired) electrons. The van der Waals surface area contributed by atoms with Gasteiger partial charge in [-0.3, -0.25) is 14.9 Å². The van der Waals surface area contributed by atoms with Crippen LogP contribution in [0.1, 0.15) is 23.6 Å². The molecule has 1 aliphatic heterocycles. The third-order valence-electron chi connectivity index (χ3n) is 5.35. The second kappa shape index (κ2) is 10.8. The molecule has 36 heavy (non-hydrogen) atoms. The third-order valence-corrected chi connectivity index (χ3v) is 5.85. The SMILES string of the molecule is CCOc1ccc(N2C(=O)NC(=O)/C(=C\c3cc(Cl)cc(Cl)c3OCc3ccc(C)cc3)C2=O)cc1. The largest absolute Gasteiger partial charge is 0.494 e. The maximum atomic E-state index is 13.3. The van der Waals surface area contributed by atoms with Gasteiger partial charge in [-0.2, -0.15) is 0 Å². The molecule has 1 aliphatic rings. The predicted octanol–water partition coefficient (Wildman–Crippen LogP) is 5.95. The molecule has 0 bridgehead atoms. The van der Waals surface area contributed by atoms with Crippen molar-refractivity contribution in [1.82, 2.24) is 5.32 Å². The molecular formula is C27H22Cl2N2O5. The van der Waals surface area contributed by atoms with Crippen LogP contribution in [0.5, 0.6) is 11.5 Å². The summed E-state index contributed by atoms with van der Waals surface area (Å²) in [5.74, 6) is -0.803. The van der Waals surface area contributed by atoms with Crippen molar-refractivity contribution in [2.24, 2.45) is 0 Å². The molecule has 0 aliphatic carbocycles. The molecule has 1 fully saturated rings. The number of hydrogen-bond donors (Lipinski definition) is 1. The molecule has 3 aromatic carbocycles. The van der Waals surface area contributed by atoms with E-state index in [0.29, 0.717) is 17.9 Å². The zero-order chi connectivity index (χ0) is 25.8. The van der Waals surface area contributed by atoms with Crippen molar-refractivity contribution in [1.29, 1.82) is 0 Å². The molecule has 4 rings (SSSR count). The van der Waals surface area contributed by atoms with Crippen LogP contribution in [-0.2, 0) is 16.2 Å². The number of imide groups is 2. The molecule has 0 aromatic heterocycles. The van der Waals surface area contributed by atoms with Crippen LogP contribution in [0.15, 0.2) is 66.2 Å². The van der Waals surface area contributed by atoms with E-state index in [1.54, 1.807) is 24.3 Å². The fourth-order valence-electron chi connectivity index (χ4n) is 3.59. The number of ether oxygens (including phenoxy) is 2. The van der Waals surface area contributed by atoms with E-state index in [0.717, 1.165) is 16.0 Å². The summed E-state index contributed by atoms with van der Waals surface area (Å²) < 4.78 is 11.4. The van der Waals surface area contributed by atoms with E-state index < -0.39 is 17.8 Å². The van der Waals surface area contributed by atoms with Crippen LogP contribution in [-0.4, -0.2) is 24.5 Å². The van der Waals surface area contributed by atoms with Gasteiger partial charge < -0.3 is 9.47 Å². The van der Waals surface area contributed by atoms with E-state index in [2.05, 4.69) is 5.32 Å². The number of urea groups is 1. The van der Waals surface area contributed by atoms with Gasteiger partial charge in [0.1, 0.15) is 23.7 Å². The Balaban J connectivity index is 1.67. The molecule has 1 heterocycles. The van der Waals surface area contributed by atoms with E-state index in [-0.39, 0.29) is 33.7 Å². The Kier molecular flexibility index (Phi) is 7.62. The van der Waals surface area contributed by atoms with E-state index in [1.165, 1.54) is 18.2 Å². The number of nitrogens with one attached hydrogen (secondary N) is 1. The number of amides is 4. The van der Waals surface area contributed by atoms with Crippen LogP contribution in [0.25, 0.3) is 6.08 Å². The Morgan fingerprint density at radius 1 is 0.944 bits per heavy atom. The number of hydrogen-bond acceptors (Lipinski definition) is 5. The summed E-state index contributed by atoms with van der Waals surface area (Å²) in [6.45, 7) is 4.51. The molecule has 3 aromatic rings. The molecule has 184 valence electrons. The number of aryl methyl sites for hydroxylation is 1. The highest BCUT2D eigenvalue weighted by Crippen LogP contribution is 2.35. The van der Waals surface area contributed by atoms with Crippen LogP contribution in [0.4, 0.5) is 10.5 Å². The summed E-state index contributed by atoms with van der Waals surface area (Å²) in [6, 6.07) is 16.3. The van der Waals surface area contributed by atoms with Gasteiger partial charge in [-0.1, -0.05) is 53.0 Å². The lowest BCUT2D eigenvalue weighted by Gasteiger charge is -2.26. The van der Waals surface area contributed by atoms with E-state index in [9.17, 15) is 14.4 Å². The Hall–Kier alpha value is -3.81. The van der Waals surface area contributed by atoms with Gasteiger partial charge >= 0.3 is 6.03 Å². The lowest BCUT2D eigenvalue weighted by Crippen LogP contribution is -2.54. The Morgan fingerprint density at radius 2 is 1.64 bits per heavy atom. The maximum absolute atomic E-state index is 13.3. The lowest BCUT2D eigenvalue weighted by atomic mass is 10.1. The normalized spacial score (nSPS) is 14.7. The molecule has 9 heteroatoms. The van der Waals surface area contributed by atoms with Gasteiger partial charge in [0.25, 0.3) is 11.8 Å². The van der Waals surface area contributed by atoms with Crippen molar-refractivity contribution in [3.05, 3.63) is 93.0 Å². The van der Waals surface area contributed by atoms with Gasteiger partial charge in [0.05, 0.1) is 17.3 Å². The Morgan fingerprint density at radius 3 is 2.31 bits per heavy atom. The Bertz CT molecular complexity index is 1350. The second-order valence-electron chi connectivity index (χ2n) is 7.97. The number of anilines is 1. The molecule has 0 spiro atoms. The van der Waals surface area contributed by atoms with Crippen molar-refractivity contribution in [3.63, 3.8) is 0 Å². The first-order valence-electron chi connectivity index (χ1n) is 11.1. The predicted molar refractivity (Wildman–Crippen MR) is 139 cm³/mol. The van der Waals surface area contributed by atoms with Crippen molar-refractivity contribution < 1.29 is 23.9 Å². The minimum Gasteiger partial charge on any atom is -0.494 e. The number of halogens is 2. The quantitative estimate of drug-likeness (QED) is 0.305. The van der Waals surface area contributed by atoms with Gasteiger partial charge in [-0.25, -0.2) is 9.69 Å². The van der Waals surface area contributed by atoms with Gasteiger partial charge in [-0.05, 0) is 61.9 Å². The first-order valence-corrected chi connectivity index (χ1v) is 11.8. The zero-order valence-corrected chi connectivity index (χ0v) is 21.0. The highest BCUT2D eigenvalue weighted by molar-refractivity contribution is 6.40. The first-order chi connectivity index (χ1) is 17.3. The molecular weight excluding hydrogens is 503 g/mol. The van der Waals surface area contributed by atoms with E-state index >= 15 is 0 Å². The summed E-state index contributed by atoms with van der Waals surface area (Å²) in [5, 5.41) is 2.70. The maximum Gasteiger partial charge on any atom is 0.335 e. The summed E-state index contributed by atoms with van der Waals surface area (Å²) in [5.41, 5.74) is 2.34. The molecule has 7 nitrogen and oxygen atoms in total. The minimum atomic E-state index is -0.855. The number of carbonyl (C=O) groups is 3. The van der Waals surface area contributed by atoms with Crippen molar-refractivity contribution in [2.75, 3.05) is 11.5 Å². The summed E-state index contributed by atoms with van der Waals surface area (Å²) in [6.07, 6.45) is 1.31.